The Kier molecular flexibility index (Phi) is 5.78. The minimum atomic E-state index is -0.468. The molecule has 1 heterocycles. The molecular formula is C18H16ClN5O2S. The summed E-state index contributed by atoms with van der Waals surface area (Å²) in [5.74, 6) is 0.323. The van der Waals surface area contributed by atoms with Crippen molar-refractivity contribution in [1.29, 1.82) is 10.8 Å². The van der Waals surface area contributed by atoms with E-state index < -0.39 is 5.25 Å². The number of rotatable bonds is 5. The Hall–Kier alpha value is -2.84. The Labute approximate surface area is 165 Å². The molecule has 0 aromatic heterocycles. The van der Waals surface area contributed by atoms with Crippen molar-refractivity contribution in [2.45, 2.75) is 5.25 Å². The van der Waals surface area contributed by atoms with Gasteiger partial charge in [0.15, 0.2) is 11.8 Å². The smallest absolute Gasteiger partial charge is 0.262 e. The third kappa shape index (κ3) is 4.47. The first kappa shape index (κ1) is 18.9. The Morgan fingerprint density at radius 3 is 2.78 bits per heavy atom. The number of carbonyl (C=O) groups is 1. The number of nitrogens with two attached hydrogens (primary N) is 1. The van der Waals surface area contributed by atoms with E-state index in [4.69, 9.17) is 32.9 Å². The number of amidine groups is 1. The minimum Gasteiger partial charge on any atom is -0.482 e. The quantitative estimate of drug-likeness (QED) is 0.452. The molecule has 5 N–H and O–H groups in total. The molecule has 0 aliphatic carbocycles. The zero-order chi connectivity index (χ0) is 19.4. The highest BCUT2D eigenvalue weighted by Gasteiger charge is 2.23. The molecule has 1 amide bonds. The van der Waals surface area contributed by atoms with E-state index in [9.17, 15) is 4.79 Å². The van der Waals surface area contributed by atoms with Crippen LogP contribution in [0.3, 0.4) is 0 Å². The molecule has 9 heteroatoms. The summed E-state index contributed by atoms with van der Waals surface area (Å²) in [5, 5.41) is 18.8. The van der Waals surface area contributed by atoms with Crippen molar-refractivity contribution >= 4 is 52.2 Å². The predicted molar refractivity (Wildman–Crippen MR) is 110 cm³/mol. The number of amides is 1. The second kappa shape index (κ2) is 8.24. The Morgan fingerprint density at radius 1 is 1.33 bits per heavy atom. The molecule has 0 spiro atoms. The lowest BCUT2D eigenvalue weighted by Gasteiger charge is -2.21. The number of halogens is 1. The van der Waals surface area contributed by atoms with Crippen LogP contribution in [0.5, 0.6) is 5.75 Å². The first-order valence-electron chi connectivity index (χ1n) is 7.88. The molecule has 0 bridgehead atoms. The monoisotopic (exact) mass is 401 g/mol. The largest absolute Gasteiger partial charge is 0.482 e. The maximum absolute atomic E-state index is 11.6. The van der Waals surface area contributed by atoms with Gasteiger partial charge in [0.2, 0.25) is 0 Å². The Bertz CT molecular complexity index is 930. The maximum atomic E-state index is 11.6. The molecule has 1 unspecified atom stereocenters. The van der Waals surface area contributed by atoms with Crippen molar-refractivity contribution in [3.05, 3.63) is 58.6 Å². The van der Waals surface area contributed by atoms with Crippen molar-refractivity contribution in [3.8, 4) is 5.75 Å². The lowest BCUT2D eigenvalue weighted by Crippen LogP contribution is -2.25. The van der Waals surface area contributed by atoms with Crippen molar-refractivity contribution in [2.75, 3.05) is 11.9 Å². The van der Waals surface area contributed by atoms with Gasteiger partial charge in [-0.1, -0.05) is 35.5 Å². The van der Waals surface area contributed by atoms with Gasteiger partial charge in [-0.25, -0.2) is 4.99 Å². The molecule has 1 aliphatic heterocycles. The molecule has 0 radical (unpaired) electrons. The number of carbonyl (C=O) groups excluding carboxylic acids is 1. The summed E-state index contributed by atoms with van der Waals surface area (Å²) < 4.78 is 5.36. The second-order valence-corrected chi connectivity index (χ2v) is 7.17. The van der Waals surface area contributed by atoms with Crippen molar-refractivity contribution in [2.24, 2.45) is 10.7 Å². The summed E-state index contributed by atoms with van der Waals surface area (Å²) in [4.78, 5) is 15.3. The number of aliphatic imine (C=N–C) groups is 1. The van der Waals surface area contributed by atoms with Gasteiger partial charge >= 0.3 is 0 Å². The van der Waals surface area contributed by atoms with E-state index in [1.807, 2.05) is 12.1 Å². The van der Waals surface area contributed by atoms with E-state index >= 15 is 0 Å². The zero-order valence-corrected chi connectivity index (χ0v) is 15.6. The van der Waals surface area contributed by atoms with E-state index in [1.165, 1.54) is 0 Å². The van der Waals surface area contributed by atoms with E-state index in [2.05, 4.69) is 10.3 Å². The number of hydrogen-bond donors (Lipinski definition) is 4. The lowest BCUT2D eigenvalue weighted by atomic mass is 10.0. The van der Waals surface area contributed by atoms with Crippen LogP contribution >= 0.6 is 23.4 Å². The SMILES string of the molecule is N=CN=C(N)SC(C(=N)c1ccc2c(c1)NC(=O)CO2)c1ccc(Cl)cc1. The molecular weight excluding hydrogens is 386 g/mol. The molecule has 0 fully saturated rings. The fraction of sp³-hybridized carbons (Fsp3) is 0.111. The number of hydrogen-bond acceptors (Lipinski definition) is 5. The molecule has 2 aromatic rings. The summed E-state index contributed by atoms with van der Waals surface area (Å²) in [6.45, 7) is -0.0241. The highest BCUT2D eigenvalue weighted by Crippen LogP contribution is 2.35. The van der Waals surface area contributed by atoms with Gasteiger partial charge < -0.3 is 21.2 Å². The fourth-order valence-electron chi connectivity index (χ4n) is 2.55. The summed E-state index contributed by atoms with van der Waals surface area (Å²) >= 11 is 7.13. The number of anilines is 1. The van der Waals surface area contributed by atoms with Gasteiger partial charge in [-0.15, -0.1) is 0 Å². The van der Waals surface area contributed by atoms with Crippen LogP contribution in [-0.2, 0) is 4.79 Å². The minimum absolute atomic E-state index is 0.0241. The number of ether oxygens (including phenoxy) is 1. The van der Waals surface area contributed by atoms with Gasteiger partial charge in [0.1, 0.15) is 12.1 Å². The summed E-state index contributed by atoms with van der Waals surface area (Å²) in [7, 11) is 0. The van der Waals surface area contributed by atoms with Gasteiger partial charge in [0.05, 0.1) is 16.6 Å². The van der Waals surface area contributed by atoms with Crippen LogP contribution < -0.4 is 15.8 Å². The fourth-order valence-corrected chi connectivity index (χ4v) is 3.58. The Balaban J connectivity index is 1.96. The topological polar surface area (TPSA) is 124 Å². The van der Waals surface area contributed by atoms with E-state index in [0.717, 1.165) is 23.7 Å². The standard InChI is InChI=1S/C18H16ClN5O2S/c19-12-4-1-10(2-5-12)17(27-18(22)23-9-20)16(21)11-3-6-14-13(7-11)24-15(25)8-26-14/h1-7,9,17,21H,8H2,(H,24,25)(H3,20,22,23). The lowest BCUT2D eigenvalue weighted by molar-refractivity contribution is -0.118. The molecule has 1 atom stereocenters. The molecule has 3 rings (SSSR count). The van der Waals surface area contributed by atoms with Gasteiger partial charge in [-0.3, -0.25) is 10.2 Å². The maximum Gasteiger partial charge on any atom is 0.262 e. The highest BCUT2D eigenvalue weighted by atomic mass is 35.5. The molecule has 27 heavy (non-hydrogen) atoms. The van der Waals surface area contributed by atoms with Crippen molar-refractivity contribution < 1.29 is 9.53 Å². The van der Waals surface area contributed by atoms with Gasteiger partial charge in [-0.2, -0.15) is 0 Å². The van der Waals surface area contributed by atoms with E-state index in [0.29, 0.717) is 22.0 Å². The average molecular weight is 402 g/mol. The molecule has 2 aromatic carbocycles. The second-order valence-electron chi connectivity index (χ2n) is 5.61. The van der Waals surface area contributed by atoms with Crippen molar-refractivity contribution in [3.63, 3.8) is 0 Å². The summed E-state index contributed by atoms with van der Waals surface area (Å²) in [5.41, 5.74) is 8.07. The molecule has 7 nitrogen and oxygen atoms in total. The number of thioether (sulfide) groups is 1. The van der Waals surface area contributed by atoms with Crippen LogP contribution in [-0.4, -0.2) is 29.7 Å². The van der Waals surface area contributed by atoms with E-state index in [-0.39, 0.29) is 23.4 Å². The molecule has 138 valence electrons. The number of nitrogens with one attached hydrogen (secondary N) is 3. The van der Waals surface area contributed by atoms with Crippen LogP contribution in [0.2, 0.25) is 5.02 Å². The summed E-state index contributed by atoms with van der Waals surface area (Å²) in [6.07, 6.45) is 0.858. The number of nitrogens with zero attached hydrogens (tertiary/aromatic N) is 1. The first-order valence-corrected chi connectivity index (χ1v) is 9.13. The van der Waals surface area contributed by atoms with Gasteiger partial charge in [-0.05, 0) is 41.5 Å². The van der Waals surface area contributed by atoms with Gasteiger partial charge in [0, 0.05) is 5.02 Å². The predicted octanol–water partition coefficient (Wildman–Crippen LogP) is 3.44. The highest BCUT2D eigenvalue weighted by molar-refractivity contribution is 8.14. The van der Waals surface area contributed by atoms with Crippen LogP contribution in [0.4, 0.5) is 5.69 Å². The molecule has 0 saturated carbocycles. The first-order chi connectivity index (χ1) is 13.0. The number of benzene rings is 2. The van der Waals surface area contributed by atoms with Crippen LogP contribution in [0.25, 0.3) is 0 Å². The van der Waals surface area contributed by atoms with Crippen molar-refractivity contribution in [1.82, 2.24) is 0 Å². The van der Waals surface area contributed by atoms with Crippen LogP contribution in [0, 0.1) is 10.8 Å². The van der Waals surface area contributed by atoms with E-state index in [1.54, 1.807) is 30.3 Å². The summed E-state index contributed by atoms with van der Waals surface area (Å²) in [6, 6.07) is 12.3. The zero-order valence-electron chi connectivity index (χ0n) is 14.0. The van der Waals surface area contributed by atoms with Crippen LogP contribution in [0.1, 0.15) is 16.4 Å². The molecule has 0 saturated heterocycles. The van der Waals surface area contributed by atoms with Gasteiger partial charge in [0.25, 0.3) is 5.91 Å². The third-order valence-corrected chi connectivity index (χ3v) is 5.13. The third-order valence-electron chi connectivity index (χ3n) is 3.79. The number of fused-ring (bicyclic) bond motifs is 1. The molecule has 1 aliphatic rings. The average Bonchev–Trinajstić information content (AvgIpc) is 2.66. The Morgan fingerprint density at radius 2 is 2.07 bits per heavy atom. The normalized spacial score (nSPS) is 14.6. The van der Waals surface area contributed by atoms with Crippen LogP contribution in [0.15, 0.2) is 47.5 Å².